The number of hydrogen-bond donors (Lipinski definition) is 2. The fourth-order valence-corrected chi connectivity index (χ4v) is 3.64. The van der Waals surface area contributed by atoms with Gasteiger partial charge in [-0.1, -0.05) is 13.0 Å². The Kier molecular flexibility index (Phi) is 4.64. The molecule has 1 saturated heterocycles. The number of rotatable bonds is 3. The third-order valence-corrected chi connectivity index (χ3v) is 5.09. The van der Waals surface area contributed by atoms with Crippen molar-refractivity contribution in [2.45, 2.75) is 31.6 Å². The lowest BCUT2D eigenvalue weighted by Crippen LogP contribution is -2.51. The predicted molar refractivity (Wildman–Crippen MR) is 94.6 cm³/mol. The third kappa shape index (κ3) is 2.72. The van der Waals surface area contributed by atoms with Crippen LogP contribution in [0.5, 0.6) is 0 Å². The largest absolute Gasteiger partial charge is 0.364 e. The average Bonchev–Trinajstić information content (AvgIpc) is 2.55. The van der Waals surface area contributed by atoms with Gasteiger partial charge in [0.2, 0.25) is 0 Å². The molecule has 0 amide bonds. The number of benzene rings is 1. The summed E-state index contributed by atoms with van der Waals surface area (Å²) in [5, 5.41) is 3.36. The molecule has 0 aromatic heterocycles. The summed E-state index contributed by atoms with van der Waals surface area (Å²) in [4.78, 5) is 4.37. The molecular weight excluding hydrogens is 297 g/mol. The maximum atomic E-state index is 14.7. The van der Waals surface area contributed by atoms with Gasteiger partial charge in [-0.25, -0.2) is 4.39 Å². The fraction of sp³-hybridized carbons (Fsp3) is 0.529. The van der Waals surface area contributed by atoms with E-state index in [0.717, 1.165) is 49.5 Å². The van der Waals surface area contributed by atoms with Crippen LogP contribution in [0.15, 0.2) is 24.4 Å². The van der Waals surface area contributed by atoms with Crippen LogP contribution in [0.4, 0.5) is 15.8 Å². The quantitative estimate of drug-likeness (QED) is 0.833. The van der Waals surface area contributed by atoms with Gasteiger partial charge in [-0.15, -0.1) is 0 Å². The van der Waals surface area contributed by atoms with Gasteiger partial charge in [0.15, 0.2) is 0 Å². The summed E-state index contributed by atoms with van der Waals surface area (Å²) in [6.45, 7) is 7.80. The highest BCUT2D eigenvalue weighted by Gasteiger charge is 2.27. The summed E-state index contributed by atoms with van der Waals surface area (Å²) in [6, 6.07) is 4.03. The first-order chi connectivity index (χ1) is 10.7. The van der Waals surface area contributed by atoms with Crippen LogP contribution in [0.2, 0.25) is 0 Å². The van der Waals surface area contributed by atoms with Crippen molar-refractivity contribution < 1.29 is 4.39 Å². The SMILES string of the molecule is CCC1CNCCN1c1cc2c(cc1F)C(S)C=CN2CC. The molecule has 5 heteroatoms. The van der Waals surface area contributed by atoms with Gasteiger partial charge >= 0.3 is 0 Å². The molecule has 1 aromatic rings. The molecule has 2 heterocycles. The van der Waals surface area contributed by atoms with Gasteiger partial charge in [0, 0.05) is 49.4 Å². The molecule has 2 aliphatic rings. The minimum absolute atomic E-state index is 0.0358. The molecule has 3 nitrogen and oxygen atoms in total. The Morgan fingerprint density at radius 3 is 2.86 bits per heavy atom. The van der Waals surface area contributed by atoms with Crippen LogP contribution < -0.4 is 15.1 Å². The van der Waals surface area contributed by atoms with E-state index in [1.807, 2.05) is 12.1 Å². The van der Waals surface area contributed by atoms with Gasteiger partial charge < -0.3 is 15.1 Å². The number of piperazine rings is 1. The van der Waals surface area contributed by atoms with E-state index in [4.69, 9.17) is 0 Å². The van der Waals surface area contributed by atoms with Gasteiger partial charge in [0.05, 0.1) is 5.69 Å². The van der Waals surface area contributed by atoms with Crippen LogP contribution in [0.25, 0.3) is 0 Å². The molecule has 0 spiro atoms. The van der Waals surface area contributed by atoms with Crippen LogP contribution >= 0.6 is 12.6 Å². The molecule has 2 atom stereocenters. The Morgan fingerprint density at radius 2 is 2.14 bits per heavy atom. The number of halogens is 1. The van der Waals surface area contributed by atoms with E-state index in [1.165, 1.54) is 0 Å². The van der Waals surface area contributed by atoms with Crippen LogP contribution in [0.3, 0.4) is 0 Å². The van der Waals surface area contributed by atoms with Gasteiger partial charge in [-0.3, -0.25) is 0 Å². The maximum absolute atomic E-state index is 14.7. The van der Waals surface area contributed by atoms with Crippen molar-refractivity contribution in [2.24, 2.45) is 0 Å². The maximum Gasteiger partial charge on any atom is 0.146 e. The molecule has 1 aromatic carbocycles. The molecule has 0 radical (unpaired) electrons. The number of anilines is 2. The van der Waals surface area contributed by atoms with E-state index in [-0.39, 0.29) is 11.1 Å². The van der Waals surface area contributed by atoms with Crippen molar-refractivity contribution in [3.8, 4) is 0 Å². The molecule has 1 fully saturated rings. The minimum Gasteiger partial charge on any atom is -0.364 e. The molecule has 1 N–H and O–H groups in total. The number of nitrogens with zero attached hydrogens (tertiary/aromatic N) is 2. The number of fused-ring (bicyclic) bond motifs is 1. The van der Waals surface area contributed by atoms with Crippen LogP contribution in [0.1, 0.15) is 31.1 Å². The monoisotopic (exact) mass is 321 g/mol. The zero-order chi connectivity index (χ0) is 15.7. The van der Waals surface area contributed by atoms with Crippen molar-refractivity contribution >= 4 is 24.0 Å². The highest BCUT2D eigenvalue weighted by Crippen LogP contribution is 2.40. The molecule has 2 aliphatic heterocycles. The second-order valence-electron chi connectivity index (χ2n) is 5.89. The number of nitrogens with one attached hydrogen (secondary N) is 1. The lowest BCUT2D eigenvalue weighted by Gasteiger charge is -2.39. The normalized spacial score (nSPS) is 24.5. The smallest absolute Gasteiger partial charge is 0.146 e. The third-order valence-electron chi connectivity index (χ3n) is 4.64. The summed E-state index contributed by atoms with van der Waals surface area (Å²) in [5.41, 5.74) is 2.76. The van der Waals surface area contributed by atoms with Crippen LogP contribution in [-0.4, -0.2) is 32.2 Å². The highest BCUT2D eigenvalue weighted by atomic mass is 32.1. The standard InChI is InChI=1S/C17H24FN3S/c1-3-12-11-19-6-8-21(12)16-10-15-13(9-14(16)18)17(22)5-7-20(15)4-2/h5,7,9-10,12,17,19,22H,3-4,6,8,11H2,1-2H3. The lowest BCUT2D eigenvalue weighted by molar-refractivity contribution is 0.459. The van der Waals surface area contributed by atoms with Crippen LogP contribution in [-0.2, 0) is 0 Å². The summed E-state index contributed by atoms with van der Waals surface area (Å²) < 4.78 is 14.7. The predicted octanol–water partition coefficient (Wildman–Crippen LogP) is 3.34. The second kappa shape index (κ2) is 6.50. The lowest BCUT2D eigenvalue weighted by atomic mass is 10.0. The Morgan fingerprint density at radius 1 is 1.32 bits per heavy atom. The summed E-state index contributed by atoms with van der Waals surface area (Å²) >= 11 is 4.56. The molecule has 0 saturated carbocycles. The molecular formula is C17H24FN3S. The van der Waals surface area contributed by atoms with Crippen molar-refractivity contribution in [1.29, 1.82) is 0 Å². The van der Waals surface area contributed by atoms with Gasteiger partial charge in [0.25, 0.3) is 0 Å². The second-order valence-corrected chi connectivity index (χ2v) is 6.45. The van der Waals surface area contributed by atoms with E-state index in [1.54, 1.807) is 6.07 Å². The van der Waals surface area contributed by atoms with Crippen molar-refractivity contribution in [2.75, 3.05) is 36.0 Å². The number of thiol groups is 1. The summed E-state index contributed by atoms with van der Waals surface area (Å²) in [6.07, 6.45) is 5.07. The van der Waals surface area contributed by atoms with E-state index < -0.39 is 0 Å². The van der Waals surface area contributed by atoms with E-state index in [9.17, 15) is 4.39 Å². The zero-order valence-corrected chi connectivity index (χ0v) is 14.1. The average molecular weight is 321 g/mol. The summed E-state index contributed by atoms with van der Waals surface area (Å²) in [5.74, 6) is -0.135. The first kappa shape index (κ1) is 15.7. The van der Waals surface area contributed by atoms with Crippen molar-refractivity contribution in [1.82, 2.24) is 5.32 Å². The zero-order valence-electron chi connectivity index (χ0n) is 13.2. The molecule has 0 aliphatic carbocycles. The van der Waals surface area contributed by atoms with Gasteiger partial charge in [0.1, 0.15) is 5.82 Å². The Balaban J connectivity index is 2.03. The minimum atomic E-state index is -0.135. The first-order valence-corrected chi connectivity index (χ1v) is 8.61. The Labute approximate surface area is 137 Å². The van der Waals surface area contributed by atoms with Crippen LogP contribution in [0, 0.1) is 5.82 Å². The fourth-order valence-electron chi connectivity index (χ4n) is 3.36. The van der Waals surface area contributed by atoms with Gasteiger partial charge in [-0.2, -0.15) is 12.6 Å². The molecule has 120 valence electrons. The number of hydrogen-bond acceptors (Lipinski definition) is 4. The summed E-state index contributed by atoms with van der Waals surface area (Å²) in [7, 11) is 0. The van der Waals surface area contributed by atoms with E-state index >= 15 is 0 Å². The Hall–Kier alpha value is -1.20. The first-order valence-electron chi connectivity index (χ1n) is 8.09. The molecule has 0 bridgehead atoms. The van der Waals surface area contributed by atoms with E-state index in [0.29, 0.717) is 6.04 Å². The van der Waals surface area contributed by atoms with E-state index in [2.05, 4.69) is 47.8 Å². The van der Waals surface area contributed by atoms with Gasteiger partial charge in [-0.05, 0) is 31.0 Å². The van der Waals surface area contributed by atoms with Crippen molar-refractivity contribution in [3.63, 3.8) is 0 Å². The van der Waals surface area contributed by atoms with Crippen molar-refractivity contribution in [3.05, 3.63) is 35.8 Å². The topological polar surface area (TPSA) is 18.5 Å². The molecule has 22 heavy (non-hydrogen) atoms. The molecule has 3 rings (SSSR count). The highest BCUT2D eigenvalue weighted by molar-refractivity contribution is 7.80. The Bertz CT molecular complexity index is 575. The molecule has 2 unspecified atom stereocenters.